The highest BCUT2D eigenvalue weighted by Gasteiger charge is 2.13. The van der Waals surface area contributed by atoms with Crippen molar-refractivity contribution in [2.24, 2.45) is 0 Å². The fourth-order valence-electron chi connectivity index (χ4n) is 3.36. The summed E-state index contributed by atoms with van der Waals surface area (Å²) < 4.78 is 5.90. The van der Waals surface area contributed by atoms with Gasteiger partial charge in [0.05, 0.1) is 16.6 Å². The summed E-state index contributed by atoms with van der Waals surface area (Å²) in [6.07, 6.45) is 0. The number of carbonyl (C=O) groups is 1. The highest BCUT2D eigenvalue weighted by atomic mass is 16.5. The summed E-state index contributed by atoms with van der Waals surface area (Å²) in [7, 11) is 0. The van der Waals surface area contributed by atoms with Crippen molar-refractivity contribution in [2.75, 3.05) is 5.32 Å². The lowest BCUT2D eigenvalue weighted by Gasteiger charge is -2.11. The quantitative estimate of drug-likeness (QED) is 0.362. The molecule has 0 aliphatic heterocycles. The number of fused-ring (bicyclic) bond motifs is 1. The summed E-state index contributed by atoms with van der Waals surface area (Å²) in [5.41, 5.74) is 4.02. The monoisotopic (exact) mass is 405 g/mol. The van der Waals surface area contributed by atoms with Crippen molar-refractivity contribution in [1.29, 1.82) is 0 Å². The molecule has 0 unspecified atom stereocenters. The summed E-state index contributed by atoms with van der Waals surface area (Å²) >= 11 is 0. The lowest BCUT2D eigenvalue weighted by Crippen LogP contribution is -2.12. The molecule has 5 rings (SSSR count). The maximum absolute atomic E-state index is 12.9. The zero-order chi connectivity index (χ0) is 21.0. The summed E-state index contributed by atoms with van der Waals surface area (Å²) in [4.78, 5) is 20.8. The fourth-order valence-corrected chi connectivity index (χ4v) is 3.36. The third kappa shape index (κ3) is 4.02. The molecule has 0 radical (unpaired) electrons. The summed E-state index contributed by atoms with van der Waals surface area (Å²) in [6, 6.07) is 32.1. The number of hydrogen-bond acceptors (Lipinski definition) is 3. The van der Waals surface area contributed by atoms with Crippen molar-refractivity contribution in [3.63, 3.8) is 0 Å². The number of nitrogens with one attached hydrogen (secondary N) is 2. The van der Waals surface area contributed by atoms with Crippen LogP contribution in [0.4, 0.5) is 5.69 Å². The van der Waals surface area contributed by atoms with Crippen LogP contribution in [0.1, 0.15) is 10.4 Å². The molecule has 0 atom stereocenters. The van der Waals surface area contributed by atoms with Gasteiger partial charge in [-0.1, -0.05) is 42.5 Å². The molecule has 0 aliphatic rings. The third-order valence-corrected chi connectivity index (χ3v) is 4.91. The second-order valence-corrected chi connectivity index (χ2v) is 7.05. The van der Waals surface area contributed by atoms with Crippen LogP contribution in [0.3, 0.4) is 0 Å². The van der Waals surface area contributed by atoms with Crippen LogP contribution in [0, 0.1) is 0 Å². The number of aromatic amines is 1. The van der Waals surface area contributed by atoms with E-state index >= 15 is 0 Å². The van der Waals surface area contributed by atoms with Gasteiger partial charge in [0.25, 0.3) is 5.91 Å². The zero-order valence-corrected chi connectivity index (χ0v) is 16.6. The van der Waals surface area contributed by atoms with E-state index in [1.807, 2.05) is 91.0 Å². The smallest absolute Gasteiger partial charge is 0.259 e. The third-order valence-electron chi connectivity index (χ3n) is 4.91. The number of H-pyrrole nitrogens is 1. The molecule has 2 N–H and O–H groups in total. The van der Waals surface area contributed by atoms with Crippen LogP contribution >= 0.6 is 0 Å². The maximum atomic E-state index is 12.9. The number of rotatable bonds is 5. The van der Waals surface area contributed by atoms with E-state index in [2.05, 4.69) is 15.3 Å². The number of carbonyl (C=O) groups excluding carboxylic acids is 1. The molecular formula is C26H19N3O2. The van der Waals surface area contributed by atoms with Crippen molar-refractivity contribution in [1.82, 2.24) is 9.97 Å². The Bertz CT molecular complexity index is 1310. The van der Waals surface area contributed by atoms with Gasteiger partial charge in [0, 0.05) is 11.3 Å². The average Bonchev–Trinajstić information content (AvgIpc) is 3.25. The number of amides is 1. The van der Waals surface area contributed by atoms with Crippen LogP contribution in [0.15, 0.2) is 103 Å². The molecule has 5 heteroatoms. The van der Waals surface area contributed by atoms with E-state index in [0.717, 1.165) is 22.4 Å². The van der Waals surface area contributed by atoms with Gasteiger partial charge in [-0.25, -0.2) is 4.98 Å². The topological polar surface area (TPSA) is 67.0 Å². The second-order valence-electron chi connectivity index (χ2n) is 7.05. The van der Waals surface area contributed by atoms with Crippen LogP contribution in [-0.4, -0.2) is 15.9 Å². The number of para-hydroxylation sites is 4. The number of imidazole rings is 1. The molecule has 1 aromatic heterocycles. The Morgan fingerprint density at radius 1 is 0.774 bits per heavy atom. The summed E-state index contributed by atoms with van der Waals surface area (Å²) in [5.74, 6) is 1.74. The molecule has 150 valence electrons. The molecular weight excluding hydrogens is 386 g/mol. The number of benzene rings is 4. The van der Waals surface area contributed by atoms with E-state index in [1.54, 1.807) is 12.1 Å². The predicted octanol–water partition coefficient (Wildman–Crippen LogP) is 6.27. The van der Waals surface area contributed by atoms with E-state index in [9.17, 15) is 4.79 Å². The first-order valence-corrected chi connectivity index (χ1v) is 9.95. The van der Waals surface area contributed by atoms with Gasteiger partial charge >= 0.3 is 0 Å². The van der Waals surface area contributed by atoms with Crippen LogP contribution in [0.2, 0.25) is 0 Å². The maximum Gasteiger partial charge on any atom is 0.259 e. The molecule has 0 aliphatic carbocycles. The Morgan fingerprint density at radius 2 is 1.48 bits per heavy atom. The van der Waals surface area contributed by atoms with Gasteiger partial charge in [-0.15, -0.1) is 0 Å². The minimum Gasteiger partial charge on any atom is -0.457 e. The van der Waals surface area contributed by atoms with Crippen molar-refractivity contribution in [2.45, 2.75) is 0 Å². The van der Waals surface area contributed by atoms with Gasteiger partial charge in [0.15, 0.2) is 0 Å². The molecule has 1 heterocycles. The molecule has 0 saturated carbocycles. The minimum atomic E-state index is -0.233. The van der Waals surface area contributed by atoms with E-state index in [1.165, 1.54) is 0 Å². The van der Waals surface area contributed by atoms with E-state index in [-0.39, 0.29) is 5.91 Å². The standard InChI is InChI=1S/C26H19N3O2/c30-26(21-10-4-7-13-24(21)31-20-8-2-1-3-9-20)27-19-16-14-18(15-17-19)25-28-22-11-5-6-12-23(22)29-25/h1-17H,(H,27,30)(H,28,29). The van der Waals surface area contributed by atoms with Gasteiger partial charge in [-0.2, -0.15) is 0 Å². The minimum absolute atomic E-state index is 0.233. The van der Waals surface area contributed by atoms with Crippen molar-refractivity contribution >= 4 is 22.6 Å². The Labute approximate surface area is 179 Å². The Kier molecular flexibility index (Phi) is 4.91. The lowest BCUT2D eigenvalue weighted by atomic mass is 10.1. The molecule has 0 bridgehead atoms. The first-order valence-electron chi connectivity index (χ1n) is 9.95. The molecule has 0 spiro atoms. The Morgan fingerprint density at radius 3 is 2.29 bits per heavy atom. The van der Waals surface area contributed by atoms with Gasteiger partial charge in [-0.3, -0.25) is 4.79 Å². The van der Waals surface area contributed by atoms with Gasteiger partial charge in [0.2, 0.25) is 0 Å². The predicted molar refractivity (Wildman–Crippen MR) is 122 cm³/mol. The SMILES string of the molecule is O=C(Nc1ccc(-c2nc3ccccc3[nH]2)cc1)c1ccccc1Oc1ccccc1. The number of nitrogens with zero attached hydrogens (tertiary/aromatic N) is 1. The highest BCUT2D eigenvalue weighted by Crippen LogP contribution is 2.27. The van der Waals surface area contributed by atoms with Crippen LogP contribution in [-0.2, 0) is 0 Å². The Hall–Kier alpha value is -4.38. The first-order chi connectivity index (χ1) is 15.3. The van der Waals surface area contributed by atoms with E-state index in [4.69, 9.17) is 4.74 Å². The molecule has 0 fully saturated rings. The number of aromatic nitrogens is 2. The fraction of sp³-hybridized carbons (Fsp3) is 0. The van der Waals surface area contributed by atoms with Crippen LogP contribution in [0.5, 0.6) is 11.5 Å². The van der Waals surface area contributed by atoms with Crippen LogP contribution in [0.25, 0.3) is 22.4 Å². The van der Waals surface area contributed by atoms with Gasteiger partial charge < -0.3 is 15.0 Å². The molecule has 1 amide bonds. The lowest BCUT2D eigenvalue weighted by molar-refractivity contribution is 0.102. The largest absolute Gasteiger partial charge is 0.457 e. The molecule has 5 nitrogen and oxygen atoms in total. The molecule has 5 aromatic rings. The normalized spacial score (nSPS) is 10.7. The summed E-state index contributed by atoms with van der Waals surface area (Å²) in [5, 5.41) is 2.94. The van der Waals surface area contributed by atoms with Crippen molar-refractivity contribution < 1.29 is 9.53 Å². The van der Waals surface area contributed by atoms with E-state index < -0.39 is 0 Å². The second kappa shape index (κ2) is 8.16. The Balaban J connectivity index is 1.34. The first kappa shape index (κ1) is 18.6. The van der Waals surface area contributed by atoms with Crippen molar-refractivity contribution in [3.8, 4) is 22.9 Å². The molecule has 0 saturated heterocycles. The number of hydrogen-bond donors (Lipinski definition) is 2. The zero-order valence-electron chi connectivity index (χ0n) is 16.6. The van der Waals surface area contributed by atoms with Crippen LogP contribution < -0.4 is 10.1 Å². The average molecular weight is 405 g/mol. The van der Waals surface area contributed by atoms with Gasteiger partial charge in [-0.05, 0) is 60.7 Å². The number of ether oxygens (including phenoxy) is 1. The summed E-state index contributed by atoms with van der Waals surface area (Å²) in [6.45, 7) is 0. The molecule has 4 aromatic carbocycles. The number of anilines is 1. The van der Waals surface area contributed by atoms with E-state index in [0.29, 0.717) is 22.7 Å². The molecule has 31 heavy (non-hydrogen) atoms. The highest BCUT2D eigenvalue weighted by molar-refractivity contribution is 6.06. The van der Waals surface area contributed by atoms with Gasteiger partial charge in [0.1, 0.15) is 17.3 Å². The van der Waals surface area contributed by atoms with Crippen molar-refractivity contribution in [3.05, 3.63) is 109 Å².